The topological polar surface area (TPSA) is 79.5 Å². The molecule has 1 aliphatic heterocycles. The second-order valence-electron chi connectivity index (χ2n) is 5.71. The molecule has 7 heteroatoms. The fraction of sp³-hybridized carbons (Fsp3) is 0.235. The number of benzene rings is 1. The van der Waals surface area contributed by atoms with Crippen LogP contribution in [0.15, 0.2) is 53.8 Å². The Balaban J connectivity index is 2.05. The smallest absolute Gasteiger partial charge is 0.201 e. The first kappa shape index (κ1) is 16.5. The van der Waals surface area contributed by atoms with Crippen molar-refractivity contribution in [1.29, 1.82) is 0 Å². The molecule has 126 valence electrons. The highest BCUT2D eigenvalue weighted by Gasteiger charge is 2.37. The van der Waals surface area contributed by atoms with E-state index in [9.17, 15) is 13.2 Å². The summed E-state index contributed by atoms with van der Waals surface area (Å²) in [5.74, 6) is 0.647. The molecule has 0 amide bonds. The van der Waals surface area contributed by atoms with Crippen molar-refractivity contribution in [3.8, 4) is 0 Å². The number of nitrogens with one attached hydrogen (secondary N) is 1. The molecule has 24 heavy (non-hydrogen) atoms. The van der Waals surface area contributed by atoms with Gasteiger partial charge in [0, 0.05) is 22.7 Å². The highest BCUT2D eigenvalue weighted by Crippen LogP contribution is 2.29. The third kappa shape index (κ3) is 2.55. The van der Waals surface area contributed by atoms with Gasteiger partial charge in [-0.25, -0.2) is 8.42 Å². The average Bonchev–Trinajstić information content (AvgIpc) is 3.10. The van der Waals surface area contributed by atoms with Crippen molar-refractivity contribution >= 4 is 27.0 Å². The Hall–Kier alpha value is -2.38. The summed E-state index contributed by atoms with van der Waals surface area (Å²) in [6.45, 7) is 7.28. The first-order valence-electron chi connectivity index (χ1n) is 7.46. The molecule has 2 atom stereocenters. The minimum atomic E-state index is -3.77. The average molecular weight is 346 g/mol. The largest absolute Gasteiger partial charge is 0.409 e. The van der Waals surface area contributed by atoms with Crippen molar-refractivity contribution in [1.82, 2.24) is 10.0 Å². The monoisotopic (exact) mass is 346 g/mol. The number of carbonyl (C=O) groups is 1. The summed E-state index contributed by atoms with van der Waals surface area (Å²) in [4.78, 5) is 19.7. The highest BCUT2D eigenvalue weighted by molar-refractivity contribution is 7.92. The van der Waals surface area contributed by atoms with Gasteiger partial charge in [0.05, 0.1) is 10.9 Å². The lowest BCUT2D eigenvalue weighted by Crippen LogP contribution is -2.41. The van der Waals surface area contributed by atoms with Gasteiger partial charge in [-0.3, -0.25) is 4.79 Å². The van der Waals surface area contributed by atoms with Gasteiger partial charge in [-0.05, 0) is 38.1 Å². The fourth-order valence-electron chi connectivity index (χ4n) is 2.88. The Morgan fingerprint density at radius 2 is 2.17 bits per heavy atom. The number of H-pyrrole nitrogens is 1. The second-order valence-corrected chi connectivity index (χ2v) is 7.75. The van der Waals surface area contributed by atoms with E-state index in [1.54, 1.807) is 19.2 Å². The maximum Gasteiger partial charge on any atom is 0.201 e. The van der Waals surface area contributed by atoms with Crippen LogP contribution in [0.2, 0.25) is 0 Å². The Morgan fingerprint density at radius 3 is 2.75 bits per heavy atom. The molecule has 2 aromatic rings. The Kier molecular flexibility index (Phi) is 4.06. The first-order chi connectivity index (χ1) is 11.4. The van der Waals surface area contributed by atoms with E-state index in [4.69, 9.17) is 4.84 Å². The number of hydrogen-bond donors (Lipinski definition) is 1. The molecule has 3 rings (SSSR count). The summed E-state index contributed by atoms with van der Waals surface area (Å²) in [5.41, 5.74) is 1.12. The maximum absolute atomic E-state index is 13.1. The number of hydrogen-bond acceptors (Lipinski definition) is 5. The molecule has 0 aliphatic carbocycles. The Labute approximate surface area is 140 Å². The van der Waals surface area contributed by atoms with Gasteiger partial charge in [-0.15, -0.1) is 11.6 Å². The molecule has 0 bridgehead atoms. The van der Waals surface area contributed by atoms with Crippen LogP contribution in [0.25, 0.3) is 10.9 Å². The molecule has 1 aliphatic rings. The Bertz CT molecular complexity index is 943. The lowest BCUT2D eigenvalue weighted by atomic mass is 10.2. The van der Waals surface area contributed by atoms with Crippen LogP contribution in [0.4, 0.5) is 0 Å². The van der Waals surface area contributed by atoms with Crippen molar-refractivity contribution in [2.75, 3.05) is 0 Å². The second kappa shape index (κ2) is 5.92. The van der Waals surface area contributed by atoms with E-state index in [0.29, 0.717) is 28.5 Å². The number of rotatable bonds is 5. The van der Waals surface area contributed by atoms with Crippen LogP contribution in [0.3, 0.4) is 0 Å². The van der Waals surface area contributed by atoms with Crippen LogP contribution in [-0.2, 0) is 14.7 Å². The quantitative estimate of drug-likeness (QED) is 0.665. The minimum Gasteiger partial charge on any atom is -0.409 e. The summed E-state index contributed by atoms with van der Waals surface area (Å²) < 4.78 is 26.1. The van der Waals surface area contributed by atoms with Crippen molar-refractivity contribution in [2.24, 2.45) is 0 Å². The summed E-state index contributed by atoms with van der Waals surface area (Å²) in [6.07, 6.45) is 5.43. The first-order valence-corrected chi connectivity index (χ1v) is 9.00. The number of nitrogens with zero attached hydrogens (tertiary/aromatic N) is 1. The van der Waals surface area contributed by atoms with Gasteiger partial charge >= 0.3 is 0 Å². The zero-order chi connectivity index (χ0) is 17.5. The number of fused-ring (bicyclic) bond motifs is 1. The molecule has 1 aromatic heterocycles. The molecular formula is C17H18N2O4S. The molecular weight excluding hydrogens is 328 g/mol. The lowest BCUT2D eigenvalue weighted by molar-refractivity contribution is -0.114. The van der Waals surface area contributed by atoms with Gasteiger partial charge in [0.25, 0.3) is 0 Å². The molecule has 0 saturated heterocycles. The van der Waals surface area contributed by atoms with Crippen LogP contribution in [0.1, 0.15) is 24.2 Å². The molecule has 0 spiro atoms. The lowest BCUT2D eigenvalue weighted by Gasteiger charge is -2.27. The van der Waals surface area contributed by atoms with Crippen LogP contribution in [0.5, 0.6) is 0 Å². The van der Waals surface area contributed by atoms with Crippen molar-refractivity contribution in [3.05, 3.63) is 54.4 Å². The predicted octanol–water partition coefficient (Wildman–Crippen LogP) is 2.81. The van der Waals surface area contributed by atoms with Crippen LogP contribution < -0.4 is 0 Å². The van der Waals surface area contributed by atoms with Crippen molar-refractivity contribution in [3.63, 3.8) is 0 Å². The molecule has 1 aromatic carbocycles. The SMILES string of the molecule is C=CC(N1OC(C)=CC1C)S(=O)(=O)c1ccc2[nH]cc(C=O)c2c1. The van der Waals surface area contributed by atoms with E-state index in [2.05, 4.69) is 11.6 Å². The number of hydroxylamine groups is 2. The standard InChI is InChI=1S/C17H18N2O4S/c1-4-17(19-11(2)7-12(3)23-19)24(21,22)14-5-6-16-15(8-14)13(10-20)9-18-16/h4-11,17-18H,1H2,2-3H3. The summed E-state index contributed by atoms with van der Waals surface area (Å²) in [6, 6.07) is 4.47. The van der Waals surface area contributed by atoms with Crippen molar-refractivity contribution < 1.29 is 18.0 Å². The van der Waals surface area contributed by atoms with Crippen LogP contribution in [0, 0.1) is 0 Å². The number of allylic oxidation sites excluding steroid dienone is 1. The molecule has 0 fully saturated rings. The number of sulfone groups is 1. The molecule has 6 nitrogen and oxygen atoms in total. The third-order valence-electron chi connectivity index (χ3n) is 4.04. The van der Waals surface area contributed by atoms with Gasteiger partial charge in [-0.2, -0.15) is 0 Å². The molecule has 0 radical (unpaired) electrons. The van der Waals surface area contributed by atoms with E-state index >= 15 is 0 Å². The summed E-state index contributed by atoms with van der Waals surface area (Å²) in [5, 5.41) is 0.940. The highest BCUT2D eigenvalue weighted by atomic mass is 32.2. The van der Waals surface area contributed by atoms with Gasteiger partial charge in [0.15, 0.2) is 11.7 Å². The van der Waals surface area contributed by atoms with Crippen LogP contribution in [-0.4, -0.2) is 36.2 Å². The van der Waals surface area contributed by atoms with E-state index in [-0.39, 0.29) is 10.9 Å². The molecule has 2 unspecified atom stereocenters. The van der Waals surface area contributed by atoms with E-state index in [1.165, 1.54) is 23.3 Å². The molecule has 2 heterocycles. The predicted molar refractivity (Wildman–Crippen MR) is 91.0 cm³/mol. The Morgan fingerprint density at radius 1 is 1.42 bits per heavy atom. The van der Waals surface area contributed by atoms with E-state index in [0.717, 1.165) is 0 Å². The zero-order valence-corrected chi connectivity index (χ0v) is 14.2. The normalized spacial score (nSPS) is 19.8. The van der Waals surface area contributed by atoms with Gasteiger partial charge in [0.1, 0.15) is 5.76 Å². The summed E-state index contributed by atoms with van der Waals surface area (Å²) in [7, 11) is -3.77. The number of aromatic nitrogens is 1. The molecule has 0 saturated carbocycles. The van der Waals surface area contributed by atoms with E-state index < -0.39 is 15.2 Å². The maximum atomic E-state index is 13.1. The van der Waals surface area contributed by atoms with Gasteiger partial charge < -0.3 is 9.82 Å². The summed E-state index contributed by atoms with van der Waals surface area (Å²) >= 11 is 0. The van der Waals surface area contributed by atoms with Crippen LogP contribution >= 0.6 is 0 Å². The zero-order valence-electron chi connectivity index (χ0n) is 13.4. The number of carbonyl (C=O) groups excluding carboxylic acids is 1. The molecule has 1 N–H and O–H groups in total. The minimum absolute atomic E-state index is 0.114. The number of aromatic amines is 1. The van der Waals surface area contributed by atoms with Gasteiger partial charge in [-0.1, -0.05) is 6.08 Å². The number of aldehydes is 1. The van der Waals surface area contributed by atoms with Gasteiger partial charge in [0.2, 0.25) is 9.84 Å². The fourth-order valence-corrected chi connectivity index (χ4v) is 4.46. The third-order valence-corrected chi connectivity index (χ3v) is 5.98. The van der Waals surface area contributed by atoms with Crippen molar-refractivity contribution in [2.45, 2.75) is 30.2 Å². The van der Waals surface area contributed by atoms with E-state index in [1.807, 2.05) is 13.0 Å².